The van der Waals surface area contributed by atoms with Crippen molar-refractivity contribution in [1.82, 2.24) is 4.90 Å². The maximum atomic E-state index is 12.8. The Hall–Kier alpha value is -2.08. The average Bonchev–Trinajstić information content (AvgIpc) is 3.20. The smallest absolute Gasteiger partial charge is 0.227 e. The number of likely N-dealkylation sites (tertiary alicyclic amines) is 1. The number of carbonyl (C=O) groups excluding carboxylic acids is 1. The minimum atomic E-state index is -0.660. The van der Waals surface area contributed by atoms with Crippen molar-refractivity contribution in [3.63, 3.8) is 0 Å². The van der Waals surface area contributed by atoms with Gasteiger partial charge in [-0.25, -0.2) is 0 Å². The fraction of sp³-hybridized carbons (Fsp3) is 0.381. The number of β-amino-alcohol motifs (C(OH)–C–C–N with tert-alkyl or cyclic N) is 1. The molecule has 0 bridgehead atoms. The minimum absolute atomic E-state index is 0.00772. The first kappa shape index (κ1) is 18.3. The number of amides is 1. The van der Waals surface area contributed by atoms with E-state index in [2.05, 4.69) is 0 Å². The molecule has 27 heavy (non-hydrogen) atoms. The van der Waals surface area contributed by atoms with Gasteiger partial charge in [-0.1, -0.05) is 48.0 Å². The molecule has 1 aliphatic carbocycles. The van der Waals surface area contributed by atoms with Crippen LogP contribution in [0.3, 0.4) is 0 Å². The summed E-state index contributed by atoms with van der Waals surface area (Å²) in [6.07, 6.45) is -0.505. The fourth-order valence-corrected chi connectivity index (χ4v) is 4.91. The summed E-state index contributed by atoms with van der Waals surface area (Å²) >= 11 is 5.92. The molecule has 0 radical (unpaired) electrons. The molecule has 0 unspecified atom stereocenters. The molecule has 6 heteroatoms. The SMILES string of the molecule is O=C(Cc1ccc(O)c(Cl)c1)N1C[C@H](O)[C@@]2(C1)[C@H](CO)[C@H]2c1ccccc1. The molecule has 4 atom stereocenters. The summed E-state index contributed by atoms with van der Waals surface area (Å²) in [6.45, 7) is 0.695. The van der Waals surface area contributed by atoms with E-state index in [1.807, 2.05) is 30.3 Å². The third-order valence-electron chi connectivity index (χ3n) is 6.12. The molecule has 1 saturated heterocycles. The highest BCUT2D eigenvalue weighted by Gasteiger charge is 2.71. The standard InChI is InChI=1S/C21H22ClNO4/c22-16-8-13(6-7-17(16)25)9-19(27)23-10-18(26)21(12-23)15(11-24)20(21)14-4-2-1-3-5-14/h1-8,15,18,20,24-26H,9-12H2/t15-,18+,20-,21-/m1/s1. The number of halogens is 1. The minimum Gasteiger partial charge on any atom is -0.506 e. The van der Waals surface area contributed by atoms with Crippen LogP contribution >= 0.6 is 11.6 Å². The van der Waals surface area contributed by atoms with Crippen molar-refractivity contribution in [2.24, 2.45) is 11.3 Å². The molecule has 1 saturated carbocycles. The van der Waals surface area contributed by atoms with Crippen LogP contribution in [-0.2, 0) is 11.2 Å². The monoisotopic (exact) mass is 387 g/mol. The van der Waals surface area contributed by atoms with Gasteiger partial charge in [-0.3, -0.25) is 4.79 Å². The Kier molecular flexibility index (Phi) is 4.62. The van der Waals surface area contributed by atoms with Crippen LogP contribution in [0, 0.1) is 11.3 Å². The third-order valence-corrected chi connectivity index (χ3v) is 6.42. The van der Waals surface area contributed by atoms with E-state index in [9.17, 15) is 20.1 Å². The van der Waals surface area contributed by atoms with Gasteiger partial charge in [-0.2, -0.15) is 0 Å². The quantitative estimate of drug-likeness (QED) is 0.751. The van der Waals surface area contributed by atoms with Gasteiger partial charge >= 0.3 is 0 Å². The lowest BCUT2D eigenvalue weighted by molar-refractivity contribution is -0.129. The zero-order valence-electron chi connectivity index (χ0n) is 14.8. The Morgan fingerprint density at radius 2 is 1.96 bits per heavy atom. The Morgan fingerprint density at radius 3 is 2.63 bits per heavy atom. The highest BCUT2D eigenvalue weighted by Crippen LogP contribution is 2.68. The number of aliphatic hydroxyl groups excluding tert-OH is 2. The Labute approximate surface area is 162 Å². The molecule has 2 aromatic rings. The Balaban J connectivity index is 1.51. The summed E-state index contributed by atoms with van der Waals surface area (Å²) in [7, 11) is 0. The molecule has 4 rings (SSSR count). The number of hydrogen-bond acceptors (Lipinski definition) is 4. The Morgan fingerprint density at radius 1 is 1.22 bits per heavy atom. The molecule has 0 aromatic heterocycles. The first-order valence-corrected chi connectivity index (χ1v) is 9.44. The predicted molar refractivity (Wildman–Crippen MR) is 102 cm³/mol. The van der Waals surface area contributed by atoms with Crippen molar-refractivity contribution < 1.29 is 20.1 Å². The number of carbonyl (C=O) groups is 1. The van der Waals surface area contributed by atoms with Crippen molar-refractivity contribution in [2.75, 3.05) is 19.7 Å². The largest absolute Gasteiger partial charge is 0.506 e. The maximum Gasteiger partial charge on any atom is 0.227 e. The Bertz CT molecular complexity index is 859. The van der Waals surface area contributed by atoms with Gasteiger partial charge in [0.15, 0.2) is 0 Å². The number of nitrogens with zero attached hydrogens (tertiary/aromatic N) is 1. The van der Waals surface area contributed by atoms with Gasteiger partial charge < -0.3 is 20.2 Å². The number of benzene rings is 2. The number of aliphatic hydroxyl groups is 2. The summed E-state index contributed by atoms with van der Waals surface area (Å²) in [6, 6.07) is 14.6. The zero-order valence-corrected chi connectivity index (χ0v) is 15.5. The zero-order chi connectivity index (χ0) is 19.2. The number of aromatic hydroxyl groups is 1. The predicted octanol–water partition coefficient (Wildman–Crippen LogP) is 2.18. The molecular formula is C21H22ClNO4. The van der Waals surface area contributed by atoms with Crippen LogP contribution in [0.4, 0.5) is 0 Å². The lowest BCUT2D eigenvalue weighted by atomic mass is 9.95. The number of phenols is 1. The van der Waals surface area contributed by atoms with Crippen molar-refractivity contribution >= 4 is 17.5 Å². The molecule has 142 valence electrons. The van der Waals surface area contributed by atoms with Gasteiger partial charge in [0.2, 0.25) is 5.91 Å². The summed E-state index contributed by atoms with van der Waals surface area (Å²) in [5.41, 5.74) is 1.33. The normalized spacial score (nSPS) is 29.3. The van der Waals surface area contributed by atoms with Crippen molar-refractivity contribution in [1.29, 1.82) is 0 Å². The molecule has 3 N–H and O–H groups in total. The number of phenolic OH excluding ortho intramolecular Hbond substituents is 1. The first-order valence-electron chi connectivity index (χ1n) is 9.06. The summed E-state index contributed by atoms with van der Waals surface area (Å²) in [4.78, 5) is 14.4. The number of rotatable bonds is 4. The summed E-state index contributed by atoms with van der Waals surface area (Å²) in [5.74, 6) is -0.101. The van der Waals surface area contributed by atoms with Gasteiger partial charge in [0.25, 0.3) is 0 Å². The molecule has 1 amide bonds. The average molecular weight is 388 g/mol. The van der Waals surface area contributed by atoms with E-state index in [1.54, 1.807) is 17.0 Å². The molecular weight excluding hydrogens is 366 g/mol. The lowest BCUT2D eigenvalue weighted by Gasteiger charge is -2.17. The molecule has 2 fully saturated rings. The van der Waals surface area contributed by atoms with Crippen LogP contribution in [0.5, 0.6) is 5.75 Å². The molecule has 1 aliphatic heterocycles. The first-order chi connectivity index (χ1) is 13.0. The maximum absolute atomic E-state index is 12.8. The number of hydrogen-bond donors (Lipinski definition) is 3. The molecule has 1 heterocycles. The van der Waals surface area contributed by atoms with E-state index >= 15 is 0 Å². The molecule has 1 spiro atoms. The fourth-order valence-electron chi connectivity index (χ4n) is 4.70. The van der Waals surface area contributed by atoms with Crippen LogP contribution in [0.1, 0.15) is 17.0 Å². The van der Waals surface area contributed by atoms with Gasteiger partial charge in [0.1, 0.15) is 5.75 Å². The van der Waals surface area contributed by atoms with Crippen LogP contribution in [-0.4, -0.2) is 51.9 Å². The lowest BCUT2D eigenvalue weighted by Crippen LogP contribution is -2.31. The van der Waals surface area contributed by atoms with E-state index in [0.29, 0.717) is 12.1 Å². The van der Waals surface area contributed by atoms with Crippen LogP contribution in [0.2, 0.25) is 5.02 Å². The molecule has 2 aliphatic rings. The second-order valence-corrected chi connectivity index (χ2v) is 7.95. The van der Waals surface area contributed by atoms with Gasteiger partial charge in [-0.05, 0) is 35.1 Å². The van der Waals surface area contributed by atoms with Crippen LogP contribution in [0.25, 0.3) is 0 Å². The van der Waals surface area contributed by atoms with E-state index in [-0.39, 0.29) is 48.1 Å². The van der Waals surface area contributed by atoms with E-state index in [4.69, 9.17) is 11.6 Å². The topological polar surface area (TPSA) is 81.0 Å². The van der Waals surface area contributed by atoms with Crippen molar-refractivity contribution in [2.45, 2.75) is 18.4 Å². The van der Waals surface area contributed by atoms with E-state index in [1.165, 1.54) is 6.07 Å². The van der Waals surface area contributed by atoms with Crippen LogP contribution in [0.15, 0.2) is 48.5 Å². The second kappa shape index (κ2) is 6.82. The highest BCUT2D eigenvalue weighted by atomic mass is 35.5. The summed E-state index contributed by atoms with van der Waals surface area (Å²) < 4.78 is 0. The van der Waals surface area contributed by atoms with Crippen LogP contribution < -0.4 is 0 Å². The van der Waals surface area contributed by atoms with E-state index < -0.39 is 11.5 Å². The summed E-state index contributed by atoms with van der Waals surface area (Å²) in [5, 5.41) is 30.3. The second-order valence-electron chi connectivity index (χ2n) is 7.54. The molecule has 5 nitrogen and oxygen atoms in total. The van der Waals surface area contributed by atoms with Crippen molar-refractivity contribution in [3.05, 3.63) is 64.7 Å². The van der Waals surface area contributed by atoms with Crippen molar-refractivity contribution in [3.8, 4) is 5.75 Å². The highest BCUT2D eigenvalue weighted by molar-refractivity contribution is 6.32. The third kappa shape index (κ3) is 3.00. The van der Waals surface area contributed by atoms with Gasteiger partial charge in [-0.15, -0.1) is 0 Å². The van der Waals surface area contributed by atoms with Gasteiger partial charge in [0.05, 0.1) is 17.5 Å². The van der Waals surface area contributed by atoms with Gasteiger partial charge in [0, 0.05) is 25.1 Å². The van der Waals surface area contributed by atoms with E-state index in [0.717, 1.165) is 5.56 Å². The molecule has 2 aromatic carbocycles.